The molecule has 132 valence electrons. The van der Waals surface area contributed by atoms with Gasteiger partial charge in [-0.25, -0.2) is 4.98 Å². The number of hydrogen-bond donors (Lipinski definition) is 3. The van der Waals surface area contributed by atoms with Gasteiger partial charge in [0, 0.05) is 28.5 Å². The Balaban J connectivity index is 1.79. The van der Waals surface area contributed by atoms with Crippen molar-refractivity contribution in [1.29, 1.82) is 0 Å². The molecule has 0 aliphatic rings. The summed E-state index contributed by atoms with van der Waals surface area (Å²) >= 11 is 5.94. The average Bonchev–Trinajstić information content (AvgIpc) is 2.95. The number of imidazole rings is 1. The van der Waals surface area contributed by atoms with Crippen molar-refractivity contribution in [2.45, 2.75) is 12.5 Å². The van der Waals surface area contributed by atoms with E-state index in [1.807, 2.05) is 15.8 Å². The van der Waals surface area contributed by atoms with Crippen molar-refractivity contribution in [3.8, 4) is 11.3 Å². The van der Waals surface area contributed by atoms with Crippen molar-refractivity contribution in [2.75, 3.05) is 11.9 Å². The molecular formula is C16H14ClF3N4O. The van der Waals surface area contributed by atoms with Gasteiger partial charge in [-0.05, 0) is 18.2 Å². The summed E-state index contributed by atoms with van der Waals surface area (Å²) in [5.41, 5.74) is 2.70. The molecule has 3 rings (SSSR count). The molecule has 2 heterocycles. The van der Waals surface area contributed by atoms with Crippen molar-refractivity contribution in [3.63, 3.8) is 0 Å². The topological polar surface area (TPSA) is 61.6 Å². The van der Waals surface area contributed by atoms with Gasteiger partial charge in [0.15, 0.2) is 6.35 Å². The first-order valence-corrected chi connectivity index (χ1v) is 7.67. The second kappa shape index (κ2) is 6.91. The van der Waals surface area contributed by atoms with Crippen molar-refractivity contribution in [3.05, 3.63) is 53.8 Å². The molecule has 3 N–H and O–H groups in total. The molecule has 0 fully saturated rings. The van der Waals surface area contributed by atoms with Gasteiger partial charge in [-0.1, -0.05) is 23.7 Å². The lowest BCUT2D eigenvalue weighted by atomic mass is 10.1. The quantitative estimate of drug-likeness (QED) is 0.602. The number of nitrogens with zero attached hydrogens (tertiary/aromatic N) is 2. The lowest BCUT2D eigenvalue weighted by Crippen LogP contribution is -2.41. The van der Waals surface area contributed by atoms with Crippen LogP contribution < -0.4 is 10.6 Å². The maximum atomic E-state index is 12.2. The van der Waals surface area contributed by atoms with E-state index in [9.17, 15) is 18.3 Å². The largest absolute Gasteiger partial charge is 0.401 e. The fraction of sp³-hybridized carbons (Fsp3) is 0.188. The highest BCUT2D eigenvalue weighted by atomic mass is 35.5. The molecule has 2 aromatic heterocycles. The summed E-state index contributed by atoms with van der Waals surface area (Å²) in [4.78, 5) is 4.27. The number of rotatable bonds is 5. The Morgan fingerprint density at radius 2 is 2.04 bits per heavy atom. The van der Waals surface area contributed by atoms with Crippen LogP contribution in [0.4, 0.5) is 18.9 Å². The zero-order chi connectivity index (χ0) is 18.0. The molecule has 0 spiro atoms. The second-order valence-corrected chi connectivity index (χ2v) is 5.78. The fourth-order valence-electron chi connectivity index (χ4n) is 2.36. The predicted molar refractivity (Wildman–Crippen MR) is 89.3 cm³/mol. The molecule has 5 nitrogen and oxygen atoms in total. The monoisotopic (exact) mass is 370 g/mol. The molecule has 0 saturated carbocycles. The molecule has 0 saturated heterocycles. The molecule has 1 unspecified atom stereocenters. The van der Waals surface area contributed by atoms with Crippen LogP contribution in [0.5, 0.6) is 0 Å². The standard InChI is InChI=1S/C16H14ClF3N4O/c17-11-4-5-24-13(8-21-14(24)7-11)10-2-1-3-12(6-10)23-15(25)22-9-16(18,19)20/h1-8,15,22-23,25H,9H2. The number of anilines is 1. The maximum Gasteiger partial charge on any atom is 0.401 e. The van der Waals surface area contributed by atoms with Gasteiger partial charge < -0.3 is 10.4 Å². The van der Waals surface area contributed by atoms with Gasteiger partial charge in [0.2, 0.25) is 0 Å². The van der Waals surface area contributed by atoms with Gasteiger partial charge in [-0.15, -0.1) is 0 Å². The van der Waals surface area contributed by atoms with E-state index in [1.165, 1.54) is 0 Å². The minimum absolute atomic E-state index is 0.462. The van der Waals surface area contributed by atoms with Crippen LogP contribution in [-0.2, 0) is 0 Å². The van der Waals surface area contributed by atoms with Gasteiger partial charge in [-0.3, -0.25) is 9.72 Å². The summed E-state index contributed by atoms with van der Waals surface area (Å²) in [7, 11) is 0. The third kappa shape index (κ3) is 4.41. The molecule has 0 radical (unpaired) electrons. The number of nitrogens with one attached hydrogen (secondary N) is 2. The lowest BCUT2D eigenvalue weighted by Gasteiger charge is -2.17. The number of aliphatic hydroxyl groups is 1. The van der Waals surface area contributed by atoms with Gasteiger partial charge >= 0.3 is 6.18 Å². The zero-order valence-electron chi connectivity index (χ0n) is 12.8. The van der Waals surface area contributed by atoms with E-state index in [4.69, 9.17) is 11.6 Å². The van der Waals surface area contributed by atoms with Crippen molar-refractivity contribution in [1.82, 2.24) is 14.7 Å². The van der Waals surface area contributed by atoms with Gasteiger partial charge in [0.05, 0.1) is 18.4 Å². The number of hydrogen-bond acceptors (Lipinski definition) is 4. The Bertz CT molecular complexity index is 881. The highest BCUT2D eigenvalue weighted by Crippen LogP contribution is 2.25. The Kier molecular flexibility index (Phi) is 4.85. The Hall–Kier alpha value is -2.29. The summed E-state index contributed by atoms with van der Waals surface area (Å²) in [6.07, 6.45) is -2.48. The van der Waals surface area contributed by atoms with E-state index < -0.39 is 19.1 Å². The SMILES string of the molecule is OC(NCC(F)(F)F)Nc1cccc(-c2cnc3cc(Cl)ccn23)c1. The van der Waals surface area contributed by atoms with Crippen molar-refractivity contribution >= 4 is 22.9 Å². The third-order valence-electron chi connectivity index (χ3n) is 3.43. The fourth-order valence-corrected chi connectivity index (χ4v) is 2.51. The first-order valence-electron chi connectivity index (χ1n) is 7.30. The van der Waals surface area contributed by atoms with Crippen LogP contribution in [0.2, 0.25) is 5.02 Å². The third-order valence-corrected chi connectivity index (χ3v) is 3.67. The molecule has 1 atom stereocenters. The van der Waals surface area contributed by atoms with E-state index in [0.29, 0.717) is 16.4 Å². The Morgan fingerprint density at radius 1 is 1.24 bits per heavy atom. The number of aromatic nitrogens is 2. The average molecular weight is 371 g/mol. The summed E-state index contributed by atoms with van der Waals surface area (Å²) in [6, 6.07) is 10.4. The smallest absolute Gasteiger partial charge is 0.361 e. The Labute approximate surface area is 146 Å². The minimum Gasteiger partial charge on any atom is -0.361 e. The highest BCUT2D eigenvalue weighted by Gasteiger charge is 2.27. The molecule has 0 amide bonds. The van der Waals surface area contributed by atoms with Crippen molar-refractivity contribution in [2.24, 2.45) is 0 Å². The molecular weight excluding hydrogens is 357 g/mol. The molecule has 0 aliphatic carbocycles. The van der Waals surface area contributed by atoms with Crippen molar-refractivity contribution < 1.29 is 18.3 Å². The van der Waals surface area contributed by atoms with E-state index >= 15 is 0 Å². The Morgan fingerprint density at radius 3 is 2.80 bits per heavy atom. The first-order chi connectivity index (χ1) is 11.8. The first kappa shape index (κ1) is 17.5. The number of pyridine rings is 1. The van der Waals surface area contributed by atoms with E-state index in [1.54, 1.807) is 42.7 Å². The number of fused-ring (bicyclic) bond motifs is 1. The predicted octanol–water partition coefficient (Wildman–Crippen LogP) is 3.49. The van der Waals surface area contributed by atoms with E-state index in [2.05, 4.69) is 10.3 Å². The number of aliphatic hydroxyl groups excluding tert-OH is 1. The highest BCUT2D eigenvalue weighted by molar-refractivity contribution is 6.30. The number of benzene rings is 1. The van der Waals surface area contributed by atoms with Gasteiger partial charge in [-0.2, -0.15) is 13.2 Å². The minimum atomic E-state index is -4.40. The van der Waals surface area contributed by atoms with Crippen LogP contribution in [0.1, 0.15) is 0 Å². The van der Waals surface area contributed by atoms with Crippen LogP contribution in [0.25, 0.3) is 16.9 Å². The summed E-state index contributed by atoms with van der Waals surface area (Å²) in [5, 5.41) is 14.7. The molecule has 0 bridgehead atoms. The van der Waals surface area contributed by atoms with E-state index in [0.717, 1.165) is 11.3 Å². The van der Waals surface area contributed by atoms with Crippen LogP contribution in [0.3, 0.4) is 0 Å². The maximum absolute atomic E-state index is 12.2. The summed E-state index contributed by atoms with van der Waals surface area (Å²) < 4.78 is 38.3. The van der Waals surface area contributed by atoms with Gasteiger partial charge in [0.25, 0.3) is 0 Å². The van der Waals surface area contributed by atoms with Crippen LogP contribution in [0, 0.1) is 0 Å². The normalized spacial score (nSPS) is 13.2. The van der Waals surface area contributed by atoms with Crippen LogP contribution in [0.15, 0.2) is 48.8 Å². The molecule has 25 heavy (non-hydrogen) atoms. The molecule has 3 aromatic rings. The number of halogens is 4. The summed E-state index contributed by atoms with van der Waals surface area (Å²) in [6.45, 7) is -1.30. The van der Waals surface area contributed by atoms with Crippen LogP contribution in [-0.4, -0.2) is 33.6 Å². The van der Waals surface area contributed by atoms with E-state index in [-0.39, 0.29) is 0 Å². The lowest BCUT2D eigenvalue weighted by molar-refractivity contribution is -0.130. The summed E-state index contributed by atoms with van der Waals surface area (Å²) in [5.74, 6) is 0. The zero-order valence-corrected chi connectivity index (χ0v) is 13.5. The molecule has 1 aromatic carbocycles. The van der Waals surface area contributed by atoms with Crippen LogP contribution >= 0.6 is 11.6 Å². The molecule has 9 heteroatoms. The van der Waals surface area contributed by atoms with Gasteiger partial charge in [0.1, 0.15) is 5.65 Å². The molecule has 0 aliphatic heterocycles. The second-order valence-electron chi connectivity index (χ2n) is 5.34. The number of alkyl halides is 3.